The Bertz CT molecular complexity index is 1000. The number of carbonyl (C=O) groups is 1. The number of rotatable bonds is 7. The minimum atomic E-state index is -0.531. The van der Waals surface area contributed by atoms with Gasteiger partial charge in [-0.2, -0.15) is 0 Å². The first-order valence-electron chi connectivity index (χ1n) is 9.38. The van der Waals surface area contributed by atoms with Crippen LogP contribution in [0.2, 0.25) is 0 Å². The lowest BCUT2D eigenvalue weighted by molar-refractivity contribution is -0.136. The van der Waals surface area contributed by atoms with E-state index in [0.29, 0.717) is 34.5 Å². The van der Waals surface area contributed by atoms with Crippen molar-refractivity contribution in [2.75, 3.05) is 25.7 Å². The molecule has 6 nitrogen and oxygen atoms in total. The van der Waals surface area contributed by atoms with Crippen LogP contribution in [0.25, 0.3) is 0 Å². The molecule has 0 radical (unpaired) electrons. The van der Waals surface area contributed by atoms with Crippen LogP contribution in [0.4, 0.5) is 5.69 Å². The summed E-state index contributed by atoms with van der Waals surface area (Å²) in [6, 6.07) is 14.5. The van der Waals surface area contributed by atoms with Gasteiger partial charge >= 0.3 is 5.97 Å². The number of methoxy groups -OCH3 is 2. The number of ether oxygens (including phenoxy) is 3. The zero-order valence-electron chi connectivity index (χ0n) is 17.2. The topological polar surface area (TPSA) is 60.0 Å². The van der Waals surface area contributed by atoms with E-state index in [0.717, 1.165) is 11.3 Å². The van der Waals surface area contributed by atoms with E-state index in [1.54, 1.807) is 18.1 Å². The number of nitrogens with one attached hydrogen (secondary N) is 1. The summed E-state index contributed by atoms with van der Waals surface area (Å²) in [5.74, 6) is 0.821. The molecule has 0 saturated heterocycles. The number of benzene rings is 2. The predicted octanol–water partition coefficient (Wildman–Crippen LogP) is 4.14. The number of hydrogen-bond donors (Lipinski definition) is 1. The zero-order valence-corrected chi connectivity index (χ0v) is 18.0. The van der Waals surface area contributed by atoms with Crippen molar-refractivity contribution in [1.29, 1.82) is 0 Å². The molecule has 0 fully saturated rings. The molecule has 3 rings (SSSR count). The van der Waals surface area contributed by atoms with Gasteiger partial charge in [-0.05, 0) is 37.3 Å². The molecule has 30 heavy (non-hydrogen) atoms. The summed E-state index contributed by atoms with van der Waals surface area (Å²) in [4.78, 5) is 14.6. The van der Waals surface area contributed by atoms with Crippen LogP contribution in [-0.4, -0.2) is 31.9 Å². The van der Waals surface area contributed by atoms with E-state index in [1.807, 2.05) is 55.5 Å². The number of thiocarbonyl (C=S) groups is 1. The van der Waals surface area contributed by atoms with Crippen LogP contribution >= 0.6 is 12.2 Å². The summed E-state index contributed by atoms with van der Waals surface area (Å²) in [5.41, 5.74) is 2.59. The Morgan fingerprint density at radius 1 is 1.17 bits per heavy atom. The highest BCUT2D eigenvalue weighted by Gasteiger charge is 2.37. The van der Waals surface area contributed by atoms with E-state index in [-0.39, 0.29) is 0 Å². The molecule has 0 saturated carbocycles. The minimum absolute atomic E-state index is 0.345. The summed E-state index contributed by atoms with van der Waals surface area (Å²) in [6.07, 6.45) is 1.67. The van der Waals surface area contributed by atoms with Crippen molar-refractivity contribution in [3.05, 3.63) is 78.0 Å². The highest BCUT2D eigenvalue weighted by atomic mass is 32.1. The second kappa shape index (κ2) is 9.45. The first kappa shape index (κ1) is 21.4. The lowest BCUT2D eigenvalue weighted by Crippen LogP contribution is -2.48. The highest BCUT2D eigenvalue weighted by molar-refractivity contribution is 7.80. The smallest absolute Gasteiger partial charge is 0.337 e. The number of esters is 1. The maximum atomic E-state index is 12.8. The van der Waals surface area contributed by atoms with E-state index in [2.05, 4.69) is 11.9 Å². The van der Waals surface area contributed by atoms with E-state index < -0.39 is 12.0 Å². The first-order valence-corrected chi connectivity index (χ1v) is 9.79. The third-order valence-corrected chi connectivity index (χ3v) is 5.10. The molecular formula is C23H24N2O4S. The predicted molar refractivity (Wildman–Crippen MR) is 121 cm³/mol. The minimum Gasteiger partial charge on any atom is -0.495 e. The van der Waals surface area contributed by atoms with Gasteiger partial charge < -0.3 is 19.5 Å². The molecule has 0 spiro atoms. The van der Waals surface area contributed by atoms with Crippen LogP contribution in [0.5, 0.6) is 11.5 Å². The van der Waals surface area contributed by atoms with Crippen molar-refractivity contribution in [2.24, 2.45) is 0 Å². The van der Waals surface area contributed by atoms with E-state index in [4.69, 9.17) is 26.4 Å². The van der Waals surface area contributed by atoms with Gasteiger partial charge in [0.05, 0.1) is 31.5 Å². The average molecular weight is 425 g/mol. The third kappa shape index (κ3) is 4.02. The molecule has 2 aromatic rings. The Balaban J connectivity index is 2.16. The van der Waals surface area contributed by atoms with Crippen LogP contribution in [0, 0.1) is 0 Å². The van der Waals surface area contributed by atoms with E-state index in [9.17, 15) is 4.79 Å². The summed E-state index contributed by atoms with van der Waals surface area (Å²) < 4.78 is 16.4. The van der Waals surface area contributed by atoms with Gasteiger partial charge in [-0.1, -0.05) is 43.0 Å². The molecule has 156 valence electrons. The maximum Gasteiger partial charge on any atom is 0.337 e. The Kier molecular flexibility index (Phi) is 6.74. The summed E-state index contributed by atoms with van der Waals surface area (Å²) in [6.45, 7) is 5.88. The van der Waals surface area contributed by atoms with Crippen LogP contribution in [-0.2, 0) is 9.53 Å². The second-order valence-electron chi connectivity index (χ2n) is 6.52. The van der Waals surface area contributed by atoms with Gasteiger partial charge in [0, 0.05) is 11.3 Å². The Hall–Kier alpha value is -3.32. The number of carbonyl (C=O) groups excluding carboxylic acids is 1. The van der Waals surface area contributed by atoms with Gasteiger partial charge in [-0.25, -0.2) is 4.79 Å². The van der Waals surface area contributed by atoms with Crippen molar-refractivity contribution in [3.8, 4) is 11.5 Å². The molecule has 0 aromatic heterocycles. The largest absolute Gasteiger partial charge is 0.495 e. The van der Waals surface area contributed by atoms with Gasteiger partial charge in [-0.3, -0.25) is 4.90 Å². The fourth-order valence-electron chi connectivity index (χ4n) is 3.45. The monoisotopic (exact) mass is 424 g/mol. The standard InChI is InChI=1S/C23H24N2O4S/c1-5-14-29-18-12-8-6-10-16(18)21-20(22(26)28-4)15(2)25(23(30)24-21)17-11-7-9-13-19(17)27-3/h5-13,21H,1,14H2,2-4H3,(H,24,30)/t21-/m1/s1. The van der Waals surface area contributed by atoms with Crippen molar-refractivity contribution < 1.29 is 19.0 Å². The number of anilines is 1. The van der Waals surface area contributed by atoms with Crippen molar-refractivity contribution in [2.45, 2.75) is 13.0 Å². The summed E-state index contributed by atoms with van der Waals surface area (Å²) in [7, 11) is 2.95. The fourth-order valence-corrected chi connectivity index (χ4v) is 3.81. The summed E-state index contributed by atoms with van der Waals surface area (Å²) >= 11 is 5.69. The molecule has 1 aliphatic heterocycles. The lowest BCUT2D eigenvalue weighted by atomic mass is 9.94. The van der Waals surface area contributed by atoms with Crippen molar-refractivity contribution >= 4 is 29.0 Å². The SMILES string of the molecule is C=CCOc1ccccc1[C@H]1NC(=S)N(c2ccccc2OC)C(C)=C1C(=O)OC. The molecule has 0 amide bonds. The van der Waals surface area contributed by atoms with Crippen LogP contribution in [0.15, 0.2) is 72.5 Å². The van der Waals surface area contributed by atoms with Gasteiger partial charge in [0.15, 0.2) is 5.11 Å². The van der Waals surface area contributed by atoms with Gasteiger partial charge in [0.2, 0.25) is 0 Å². The van der Waals surface area contributed by atoms with E-state index in [1.165, 1.54) is 7.11 Å². The van der Waals surface area contributed by atoms with Crippen LogP contribution < -0.4 is 19.7 Å². The molecule has 0 unspecified atom stereocenters. The van der Waals surface area contributed by atoms with Gasteiger partial charge in [-0.15, -0.1) is 0 Å². The highest BCUT2D eigenvalue weighted by Crippen LogP contribution is 2.39. The first-order chi connectivity index (χ1) is 14.5. The lowest BCUT2D eigenvalue weighted by Gasteiger charge is -2.38. The molecule has 2 aromatic carbocycles. The molecular weight excluding hydrogens is 400 g/mol. The number of hydrogen-bond acceptors (Lipinski definition) is 5. The molecule has 1 heterocycles. The van der Waals surface area contributed by atoms with E-state index >= 15 is 0 Å². The molecule has 1 atom stereocenters. The molecule has 7 heteroatoms. The number of nitrogens with zero attached hydrogens (tertiary/aromatic N) is 1. The van der Waals surface area contributed by atoms with Gasteiger partial charge in [0.1, 0.15) is 18.1 Å². The van der Waals surface area contributed by atoms with Crippen LogP contribution in [0.1, 0.15) is 18.5 Å². The normalized spacial score (nSPS) is 16.0. The van der Waals surface area contributed by atoms with Crippen molar-refractivity contribution in [1.82, 2.24) is 5.32 Å². The number of para-hydroxylation sites is 3. The second-order valence-corrected chi connectivity index (χ2v) is 6.90. The Labute approximate surface area is 181 Å². The fraction of sp³-hybridized carbons (Fsp3) is 0.217. The Morgan fingerprint density at radius 3 is 2.50 bits per heavy atom. The molecule has 1 aliphatic rings. The quantitative estimate of drug-likeness (QED) is 0.407. The summed E-state index contributed by atoms with van der Waals surface area (Å²) in [5, 5.41) is 3.72. The maximum absolute atomic E-state index is 12.8. The number of allylic oxidation sites excluding steroid dienone is 1. The van der Waals surface area contributed by atoms with Crippen molar-refractivity contribution in [3.63, 3.8) is 0 Å². The molecule has 0 aliphatic carbocycles. The molecule has 1 N–H and O–H groups in total. The Morgan fingerprint density at radius 2 is 1.83 bits per heavy atom. The van der Waals surface area contributed by atoms with Crippen LogP contribution in [0.3, 0.4) is 0 Å². The molecule has 0 bridgehead atoms. The van der Waals surface area contributed by atoms with Gasteiger partial charge in [0.25, 0.3) is 0 Å². The zero-order chi connectivity index (χ0) is 21.7. The average Bonchev–Trinajstić information content (AvgIpc) is 2.77. The third-order valence-electron chi connectivity index (χ3n) is 4.80.